The monoisotopic (exact) mass is 338 g/mol. The van der Waals surface area contributed by atoms with Crippen molar-refractivity contribution in [1.29, 1.82) is 0 Å². The van der Waals surface area contributed by atoms with E-state index in [0.717, 1.165) is 30.3 Å². The number of nitrogens with zero attached hydrogens (tertiary/aromatic N) is 4. The quantitative estimate of drug-likeness (QED) is 0.732. The highest BCUT2D eigenvalue weighted by Crippen LogP contribution is 2.25. The number of ether oxygens (including phenoxy) is 1. The van der Waals surface area contributed by atoms with Crippen LogP contribution in [0.2, 0.25) is 0 Å². The minimum atomic E-state index is -0.284. The zero-order valence-corrected chi connectivity index (χ0v) is 14.0. The number of hydrogen-bond donors (Lipinski definition) is 0. The van der Waals surface area contributed by atoms with Gasteiger partial charge in [-0.15, -0.1) is 10.2 Å². The van der Waals surface area contributed by atoms with Crippen molar-refractivity contribution < 1.29 is 9.13 Å². The summed E-state index contributed by atoms with van der Waals surface area (Å²) in [5.74, 6) is 1.94. The average Bonchev–Trinajstić information content (AvgIpc) is 3.22. The zero-order valence-electron chi connectivity index (χ0n) is 14.0. The van der Waals surface area contributed by atoms with E-state index < -0.39 is 0 Å². The van der Waals surface area contributed by atoms with Crippen LogP contribution in [0.25, 0.3) is 11.4 Å². The van der Waals surface area contributed by atoms with Gasteiger partial charge in [-0.3, -0.25) is 4.57 Å². The van der Waals surface area contributed by atoms with Crippen molar-refractivity contribution in [3.63, 3.8) is 0 Å². The molecule has 6 heteroatoms. The van der Waals surface area contributed by atoms with E-state index >= 15 is 0 Å². The molecule has 2 heterocycles. The highest BCUT2D eigenvalue weighted by Gasteiger charge is 2.28. The highest BCUT2D eigenvalue weighted by molar-refractivity contribution is 5.57. The number of rotatable bonds is 4. The van der Waals surface area contributed by atoms with Crippen LogP contribution in [0.15, 0.2) is 54.6 Å². The van der Waals surface area contributed by atoms with E-state index in [1.807, 2.05) is 41.9 Å². The van der Waals surface area contributed by atoms with Crippen LogP contribution in [0.5, 0.6) is 5.75 Å². The Labute approximate surface area is 145 Å². The predicted molar refractivity (Wildman–Crippen MR) is 94.1 cm³/mol. The lowest BCUT2D eigenvalue weighted by Gasteiger charge is -2.18. The third-order valence-corrected chi connectivity index (χ3v) is 4.41. The summed E-state index contributed by atoms with van der Waals surface area (Å²) < 4.78 is 21.2. The zero-order chi connectivity index (χ0) is 17.2. The van der Waals surface area contributed by atoms with Gasteiger partial charge in [0.25, 0.3) is 0 Å². The Bertz CT molecular complexity index is 865. The molecule has 1 aliphatic rings. The van der Waals surface area contributed by atoms with E-state index in [-0.39, 0.29) is 11.9 Å². The molecular weight excluding hydrogens is 319 g/mol. The molecule has 1 saturated heterocycles. The lowest BCUT2D eigenvalue weighted by atomic mass is 10.2. The van der Waals surface area contributed by atoms with Crippen LogP contribution in [-0.4, -0.2) is 34.0 Å². The fourth-order valence-corrected chi connectivity index (χ4v) is 3.17. The Balaban J connectivity index is 1.48. The van der Waals surface area contributed by atoms with Crippen LogP contribution in [0.3, 0.4) is 0 Å². The molecule has 0 N–H and O–H groups in total. The number of anilines is 1. The highest BCUT2D eigenvalue weighted by atomic mass is 19.1. The van der Waals surface area contributed by atoms with Gasteiger partial charge in [0.15, 0.2) is 5.82 Å². The van der Waals surface area contributed by atoms with Crippen LogP contribution in [0.1, 0.15) is 6.42 Å². The molecule has 0 amide bonds. The Morgan fingerprint density at radius 3 is 2.72 bits per heavy atom. The molecule has 5 nitrogen and oxygen atoms in total. The van der Waals surface area contributed by atoms with Crippen LogP contribution < -0.4 is 9.64 Å². The third-order valence-electron chi connectivity index (χ3n) is 4.41. The molecule has 1 atom stereocenters. The maximum Gasteiger partial charge on any atom is 0.227 e. The number of benzene rings is 2. The minimum Gasteiger partial charge on any atom is -0.488 e. The van der Waals surface area contributed by atoms with Crippen molar-refractivity contribution in [2.75, 3.05) is 18.0 Å². The fourth-order valence-electron chi connectivity index (χ4n) is 3.17. The predicted octanol–water partition coefficient (Wildman–Crippen LogP) is 3.28. The van der Waals surface area contributed by atoms with Gasteiger partial charge < -0.3 is 9.64 Å². The molecule has 1 unspecified atom stereocenters. The van der Waals surface area contributed by atoms with Gasteiger partial charge in [0.1, 0.15) is 17.7 Å². The molecule has 0 aliphatic carbocycles. The second kappa shape index (κ2) is 6.55. The van der Waals surface area contributed by atoms with Gasteiger partial charge in [0.05, 0.1) is 6.54 Å². The first kappa shape index (κ1) is 15.6. The van der Waals surface area contributed by atoms with Crippen molar-refractivity contribution in [2.45, 2.75) is 12.5 Å². The first-order valence-electron chi connectivity index (χ1n) is 8.33. The molecular formula is C19H19FN4O. The standard InChI is InChI=1S/C19H19FN4O/c1-23-18(14-6-3-2-4-7-14)21-22-19(23)24-11-10-17(13-24)25-16-9-5-8-15(20)12-16/h2-9,12,17H,10-11,13H2,1H3. The normalized spacial score (nSPS) is 17.0. The molecule has 2 aromatic carbocycles. The minimum absolute atomic E-state index is 0.0127. The SMILES string of the molecule is Cn1c(-c2ccccc2)nnc1N1CCC(Oc2cccc(F)c2)C1. The lowest BCUT2D eigenvalue weighted by molar-refractivity contribution is 0.224. The first-order chi connectivity index (χ1) is 12.2. The molecule has 0 spiro atoms. The van der Waals surface area contributed by atoms with Gasteiger partial charge in [-0.25, -0.2) is 4.39 Å². The molecule has 3 aromatic rings. The summed E-state index contributed by atoms with van der Waals surface area (Å²) in [7, 11) is 1.97. The van der Waals surface area contributed by atoms with Crippen molar-refractivity contribution in [1.82, 2.24) is 14.8 Å². The van der Waals surface area contributed by atoms with Crippen molar-refractivity contribution in [3.8, 4) is 17.1 Å². The lowest BCUT2D eigenvalue weighted by Crippen LogP contribution is -2.26. The van der Waals surface area contributed by atoms with E-state index in [0.29, 0.717) is 12.3 Å². The summed E-state index contributed by atoms with van der Waals surface area (Å²) in [5, 5.41) is 8.69. The van der Waals surface area contributed by atoms with Crippen LogP contribution in [0.4, 0.5) is 10.3 Å². The van der Waals surface area contributed by atoms with Crippen LogP contribution in [-0.2, 0) is 7.05 Å². The second-order valence-electron chi connectivity index (χ2n) is 6.18. The summed E-state index contributed by atoms with van der Waals surface area (Å²) in [5.41, 5.74) is 1.04. The van der Waals surface area contributed by atoms with Gasteiger partial charge in [-0.1, -0.05) is 36.4 Å². The van der Waals surface area contributed by atoms with E-state index in [1.165, 1.54) is 12.1 Å². The number of halogens is 1. The average molecular weight is 338 g/mol. The Kier molecular flexibility index (Phi) is 4.09. The van der Waals surface area contributed by atoms with E-state index in [4.69, 9.17) is 4.74 Å². The molecule has 128 valence electrons. The summed E-state index contributed by atoms with van der Waals surface area (Å²) in [6.45, 7) is 1.54. The molecule has 0 saturated carbocycles. The Morgan fingerprint density at radius 1 is 1.08 bits per heavy atom. The fraction of sp³-hybridized carbons (Fsp3) is 0.263. The third kappa shape index (κ3) is 3.20. The Hall–Kier alpha value is -2.89. The second-order valence-corrected chi connectivity index (χ2v) is 6.18. The molecule has 4 rings (SSSR count). The Morgan fingerprint density at radius 2 is 1.92 bits per heavy atom. The molecule has 1 aliphatic heterocycles. The maximum absolute atomic E-state index is 13.3. The van der Waals surface area contributed by atoms with E-state index in [2.05, 4.69) is 15.1 Å². The van der Waals surface area contributed by atoms with Crippen LogP contribution in [0, 0.1) is 5.82 Å². The van der Waals surface area contributed by atoms with Crippen LogP contribution >= 0.6 is 0 Å². The number of hydrogen-bond acceptors (Lipinski definition) is 4. The molecule has 0 radical (unpaired) electrons. The summed E-state index contributed by atoms with van der Waals surface area (Å²) >= 11 is 0. The van der Waals surface area contributed by atoms with Crippen molar-refractivity contribution in [2.24, 2.45) is 7.05 Å². The molecule has 1 fully saturated rings. The summed E-state index contributed by atoms with van der Waals surface area (Å²) in [6.07, 6.45) is 0.878. The number of aromatic nitrogens is 3. The maximum atomic E-state index is 13.3. The molecule has 1 aromatic heterocycles. The molecule has 25 heavy (non-hydrogen) atoms. The summed E-state index contributed by atoms with van der Waals surface area (Å²) in [4.78, 5) is 2.16. The van der Waals surface area contributed by atoms with E-state index in [1.54, 1.807) is 12.1 Å². The van der Waals surface area contributed by atoms with Gasteiger partial charge >= 0.3 is 0 Å². The van der Waals surface area contributed by atoms with E-state index in [9.17, 15) is 4.39 Å². The largest absolute Gasteiger partial charge is 0.488 e. The molecule has 0 bridgehead atoms. The smallest absolute Gasteiger partial charge is 0.227 e. The van der Waals surface area contributed by atoms with Gasteiger partial charge in [0, 0.05) is 31.6 Å². The van der Waals surface area contributed by atoms with Crippen molar-refractivity contribution in [3.05, 3.63) is 60.4 Å². The summed E-state index contributed by atoms with van der Waals surface area (Å²) in [6, 6.07) is 16.3. The van der Waals surface area contributed by atoms with Crippen molar-refractivity contribution >= 4 is 5.95 Å². The topological polar surface area (TPSA) is 43.2 Å². The van der Waals surface area contributed by atoms with Gasteiger partial charge in [-0.05, 0) is 12.1 Å². The van der Waals surface area contributed by atoms with Gasteiger partial charge in [0.2, 0.25) is 5.95 Å². The van der Waals surface area contributed by atoms with Gasteiger partial charge in [-0.2, -0.15) is 0 Å². The first-order valence-corrected chi connectivity index (χ1v) is 8.33.